The molecule has 2 aromatic carbocycles. The van der Waals surface area contributed by atoms with E-state index in [9.17, 15) is 9.18 Å². The van der Waals surface area contributed by atoms with Gasteiger partial charge in [0, 0.05) is 24.0 Å². The predicted octanol–water partition coefficient (Wildman–Crippen LogP) is 4.89. The number of benzene rings is 2. The van der Waals surface area contributed by atoms with E-state index in [2.05, 4.69) is 10.3 Å². The molecule has 0 aliphatic heterocycles. The van der Waals surface area contributed by atoms with Gasteiger partial charge in [0.25, 0.3) is 5.91 Å². The lowest BCUT2D eigenvalue weighted by molar-refractivity contribution is 0.102. The van der Waals surface area contributed by atoms with Crippen molar-refractivity contribution in [2.45, 2.75) is 0 Å². The van der Waals surface area contributed by atoms with E-state index in [0.29, 0.717) is 16.4 Å². The fourth-order valence-corrected chi connectivity index (χ4v) is 2.46. The van der Waals surface area contributed by atoms with Crippen molar-refractivity contribution in [3.05, 3.63) is 83.3 Å². The van der Waals surface area contributed by atoms with E-state index in [1.165, 1.54) is 24.4 Å². The standard InChI is InChI=1S/C19H15ClFN3O/c1-24(15-5-3-2-4-6-15)18-10-7-13(12-22-18)19(25)23-17-11-14(20)8-9-16(17)21/h2-12H,1H3,(H,23,25). The highest BCUT2D eigenvalue weighted by Crippen LogP contribution is 2.22. The second-order valence-corrected chi connectivity index (χ2v) is 5.81. The van der Waals surface area contributed by atoms with Crippen molar-refractivity contribution in [1.29, 1.82) is 0 Å². The largest absolute Gasteiger partial charge is 0.329 e. The van der Waals surface area contributed by atoms with Crippen molar-refractivity contribution < 1.29 is 9.18 Å². The van der Waals surface area contributed by atoms with Gasteiger partial charge < -0.3 is 10.2 Å². The number of nitrogens with zero attached hydrogens (tertiary/aromatic N) is 2. The third kappa shape index (κ3) is 3.95. The molecule has 6 heteroatoms. The van der Waals surface area contributed by atoms with E-state index in [1.54, 1.807) is 12.1 Å². The molecule has 0 saturated carbocycles. The quantitative estimate of drug-likeness (QED) is 0.724. The Labute approximate surface area is 149 Å². The van der Waals surface area contributed by atoms with Gasteiger partial charge in [0.1, 0.15) is 11.6 Å². The minimum absolute atomic E-state index is 0.0305. The molecule has 0 aliphatic carbocycles. The Morgan fingerprint density at radius 1 is 1.12 bits per heavy atom. The normalized spacial score (nSPS) is 10.4. The zero-order chi connectivity index (χ0) is 17.8. The minimum Gasteiger partial charge on any atom is -0.329 e. The summed E-state index contributed by atoms with van der Waals surface area (Å²) in [4.78, 5) is 18.5. The average molecular weight is 356 g/mol. The van der Waals surface area contributed by atoms with E-state index >= 15 is 0 Å². The summed E-state index contributed by atoms with van der Waals surface area (Å²) in [6.07, 6.45) is 1.45. The first-order chi connectivity index (χ1) is 12.0. The Kier molecular flexibility index (Phi) is 4.95. The van der Waals surface area contributed by atoms with Gasteiger partial charge in [0.05, 0.1) is 11.3 Å². The van der Waals surface area contributed by atoms with Gasteiger partial charge in [0.15, 0.2) is 0 Å². The van der Waals surface area contributed by atoms with Gasteiger partial charge in [-0.15, -0.1) is 0 Å². The highest BCUT2D eigenvalue weighted by molar-refractivity contribution is 6.31. The molecular formula is C19H15ClFN3O. The van der Waals surface area contributed by atoms with Crippen LogP contribution in [0.4, 0.5) is 21.6 Å². The molecule has 1 amide bonds. The van der Waals surface area contributed by atoms with Crippen molar-refractivity contribution in [2.75, 3.05) is 17.3 Å². The van der Waals surface area contributed by atoms with Gasteiger partial charge in [-0.25, -0.2) is 9.37 Å². The summed E-state index contributed by atoms with van der Waals surface area (Å²) in [6.45, 7) is 0. The molecule has 0 spiro atoms. The van der Waals surface area contributed by atoms with Crippen LogP contribution in [0, 0.1) is 5.82 Å². The van der Waals surface area contributed by atoms with E-state index in [0.717, 1.165) is 5.69 Å². The smallest absolute Gasteiger partial charge is 0.257 e. The van der Waals surface area contributed by atoms with Crippen molar-refractivity contribution in [3.8, 4) is 0 Å². The molecule has 25 heavy (non-hydrogen) atoms. The molecule has 4 nitrogen and oxygen atoms in total. The number of hydrogen-bond acceptors (Lipinski definition) is 3. The van der Waals surface area contributed by atoms with Crippen LogP contribution in [-0.4, -0.2) is 17.9 Å². The number of carbonyl (C=O) groups excluding carboxylic acids is 1. The number of pyridine rings is 1. The highest BCUT2D eigenvalue weighted by Gasteiger charge is 2.12. The van der Waals surface area contributed by atoms with Crippen LogP contribution < -0.4 is 10.2 Å². The minimum atomic E-state index is -0.550. The zero-order valence-electron chi connectivity index (χ0n) is 13.4. The molecule has 1 N–H and O–H groups in total. The van der Waals surface area contributed by atoms with Crippen LogP contribution in [0.1, 0.15) is 10.4 Å². The first-order valence-corrected chi connectivity index (χ1v) is 7.93. The Hall–Kier alpha value is -2.92. The average Bonchev–Trinajstić information content (AvgIpc) is 2.65. The molecule has 0 bridgehead atoms. The van der Waals surface area contributed by atoms with Crippen LogP contribution in [0.3, 0.4) is 0 Å². The van der Waals surface area contributed by atoms with Crippen molar-refractivity contribution in [3.63, 3.8) is 0 Å². The number of halogens is 2. The third-order valence-corrected chi connectivity index (χ3v) is 3.91. The van der Waals surface area contributed by atoms with Gasteiger partial charge in [-0.2, -0.15) is 0 Å². The topological polar surface area (TPSA) is 45.2 Å². The summed E-state index contributed by atoms with van der Waals surface area (Å²) >= 11 is 5.82. The maximum absolute atomic E-state index is 13.7. The monoisotopic (exact) mass is 355 g/mol. The summed E-state index contributed by atoms with van der Waals surface area (Å²) in [6, 6.07) is 17.1. The number of aromatic nitrogens is 1. The molecule has 3 rings (SSSR count). The maximum atomic E-state index is 13.7. The SMILES string of the molecule is CN(c1ccccc1)c1ccc(C(=O)Nc2cc(Cl)ccc2F)cn1. The molecule has 1 heterocycles. The first kappa shape index (κ1) is 16.9. The lowest BCUT2D eigenvalue weighted by Crippen LogP contribution is -2.15. The number of anilines is 3. The molecule has 0 unspecified atom stereocenters. The molecular weight excluding hydrogens is 341 g/mol. The van der Waals surface area contributed by atoms with E-state index < -0.39 is 11.7 Å². The molecule has 0 aliphatic rings. The lowest BCUT2D eigenvalue weighted by Gasteiger charge is -2.18. The number of carbonyl (C=O) groups is 1. The van der Waals surface area contributed by atoms with Gasteiger partial charge in [-0.1, -0.05) is 29.8 Å². The summed E-state index contributed by atoms with van der Waals surface area (Å²) in [5.41, 5.74) is 1.33. The summed E-state index contributed by atoms with van der Waals surface area (Å²) in [5, 5.41) is 2.84. The number of nitrogens with one attached hydrogen (secondary N) is 1. The Morgan fingerprint density at radius 3 is 2.56 bits per heavy atom. The second kappa shape index (κ2) is 7.32. The van der Waals surface area contributed by atoms with E-state index in [1.807, 2.05) is 42.3 Å². The number of rotatable bonds is 4. The van der Waals surface area contributed by atoms with Crippen LogP contribution in [0.2, 0.25) is 5.02 Å². The predicted molar refractivity (Wildman–Crippen MR) is 98.1 cm³/mol. The molecule has 1 aromatic heterocycles. The summed E-state index contributed by atoms with van der Waals surface area (Å²) in [7, 11) is 1.89. The number of hydrogen-bond donors (Lipinski definition) is 1. The van der Waals surface area contributed by atoms with Gasteiger partial charge in [-0.3, -0.25) is 4.79 Å². The van der Waals surface area contributed by atoms with E-state index in [-0.39, 0.29) is 5.69 Å². The fraction of sp³-hybridized carbons (Fsp3) is 0.0526. The highest BCUT2D eigenvalue weighted by atomic mass is 35.5. The summed E-state index contributed by atoms with van der Waals surface area (Å²) < 4.78 is 13.7. The van der Waals surface area contributed by atoms with Crippen LogP contribution in [0.15, 0.2) is 66.9 Å². The van der Waals surface area contributed by atoms with Gasteiger partial charge in [-0.05, 0) is 42.5 Å². The Morgan fingerprint density at radius 2 is 1.88 bits per heavy atom. The molecule has 126 valence electrons. The zero-order valence-corrected chi connectivity index (χ0v) is 14.2. The van der Waals surface area contributed by atoms with Crippen molar-refractivity contribution in [2.24, 2.45) is 0 Å². The Bertz CT molecular complexity index is 885. The number of amides is 1. The second-order valence-electron chi connectivity index (χ2n) is 5.38. The molecule has 3 aromatic rings. The third-order valence-electron chi connectivity index (χ3n) is 3.67. The molecule has 0 saturated heterocycles. The first-order valence-electron chi connectivity index (χ1n) is 7.56. The van der Waals surface area contributed by atoms with Crippen molar-refractivity contribution in [1.82, 2.24) is 4.98 Å². The molecule has 0 radical (unpaired) electrons. The summed E-state index contributed by atoms with van der Waals surface area (Å²) in [5.74, 6) is -0.314. The molecule has 0 fully saturated rings. The Balaban J connectivity index is 1.76. The fourth-order valence-electron chi connectivity index (χ4n) is 2.29. The maximum Gasteiger partial charge on any atom is 0.257 e. The lowest BCUT2D eigenvalue weighted by atomic mass is 10.2. The van der Waals surface area contributed by atoms with Crippen LogP contribution in [0.25, 0.3) is 0 Å². The molecule has 0 atom stereocenters. The van der Waals surface area contributed by atoms with Gasteiger partial charge >= 0.3 is 0 Å². The van der Waals surface area contributed by atoms with Crippen LogP contribution in [-0.2, 0) is 0 Å². The number of para-hydroxylation sites is 1. The van der Waals surface area contributed by atoms with Crippen LogP contribution in [0.5, 0.6) is 0 Å². The van der Waals surface area contributed by atoms with Crippen molar-refractivity contribution >= 4 is 34.7 Å². The van der Waals surface area contributed by atoms with Crippen LogP contribution >= 0.6 is 11.6 Å². The van der Waals surface area contributed by atoms with E-state index in [4.69, 9.17) is 11.6 Å². The van der Waals surface area contributed by atoms with Gasteiger partial charge in [0.2, 0.25) is 0 Å².